The zero-order chi connectivity index (χ0) is 14.0. The number of hydrogen-bond acceptors (Lipinski definition) is 3. The summed E-state index contributed by atoms with van der Waals surface area (Å²) in [7, 11) is 0. The highest BCUT2D eigenvalue weighted by Gasteiger charge is 2.11. The lowest BCUT2D eigenvalue weighted by Gasteiger charge is -2.12. The zero-order valence-electron chi connectivity index (χ0n) is 10.7. The Kier molecular flexibility index (Phi) is 3.76. The molecule has 1 aromatic carbocycles. The van der Waals surface area contributed by atoms with Crippen molar-refractivity contribution in [3.63, 3.8) is 0 Å². The van der Waals surface area contributed by atoms with Crippen LogP contribution in [0.5, 0.6) is 11.6 Å². The van der Waals surface area contributed by atoms with Gasteiger partial charge in [0.15, 0.2) is 0 Å². The van der Waals surface area contributed by atoms with Gasteiger partial charge in [0.2, 0.25) is 5.88 Å². The molecule has 0 bridgehead atoms. The minimum Gasteiger partial charge on any atom is -0.438 e. The molecule has 0 aliphatic rings. The summed E-state index contributed by atoms with van der Waals surface area (Å²) in [5, 5.41) is 0. The minimum absolute atomic E-state index is 0.0599. The topological polar surface area (TPSA) is 48.1 Å². The lowest BCUT2D eigenvalue weighted by molar-refractivity contribution is 0.444. The molecule has 2 rings (SSSR count). The Bertz CT molecular complexity index is 594. The Morgan fingerprint density at radius 1 is 1.11 bits per heavy atom. The number of aromatic nitrogens is 1. The third-order valence-corrected chi connectivity index (χ3v) is 2.69. The average Bonchev–Trinajstić information content (AvgIpc) is 2.26. The summed E-state index contributed by atoms with van der Waals surface area (Å²) in [5.41, 5.74) is 8.05. The fourth-order valence-electron chi connectivity index (χ4n) is 1.86. The van der Waals surface area contributed by atoms with Crippen LogP contribution < -0.4 is 10.5 Å². The minimum atomic E-state index is -0.700. The third kappa shape index (κ3) is 3.06. The normalized spacial score (nSPS) is 10.6. The molecule has 0 spiro atoms. The maximum absolute atomic E-state index is 13.1. The molecular weight excluding hydrogens is 250 g/mol. The molecule has 0 saturated heterocycles. The van der Waals surface area contributed by atoms with E-state index in [1.54, 1.807) is 0 Å². The van der Waals surface area contributed by atoms with Gasteiger partial charge >= 0.3 is 0 Å². The van der Waals surface area contributed by atoms with Gasteiger partial charge in [-0.15, -0.1) is 0 Å². The summed E-state index contributed by atoms with van der Waals surface area (Å²) in [4.78, 5) is 4.21. The van der Waals surface area contributed by atoms with Crippen LogP contribution in [0.4, 0.5) is 8.78 Å². The van der Waals surface area contributed by atoms with E-state index in [0.717, 1.165) is 35.0 Å². The first kappa shape index (κ1) is 13.4. The van der Waals surface area contributed by atoms with Crippen molar-refractivity contribution < 1.29 is 13.5 Å². The standard InChI is InChI=1S/C14H14F2N2O/c1-8-3-9(2)18-14(13(8)7-17)19-12-5-10(15)4-11(16)6-12/h3-6H,7,17H2,1-2H3. The molecule has 2 N–H and O–H groups in total. The van der Waals surface area contributed by atoms with Crippen LogP contribution >= 0.6 is 0 Å². The van der Waals surface area contributed by atoms with Crippen molar-refractivity contribution >= 4 is 0 Å². The summed E-state index contributed by atoms with van der Waals surface area (Å²) >= 11 is 0. The molecule has 19 heavy (non-hydrogen) atoms. The van der Waals surface area contributed by atoms with Crippen molar-refractivity contribution in [1.82, 2.24) is 4.98 Å². The number of nitrogens with zero attached hydrogens (tertiary/aromatic N) is 1. The Morgan fingerprint density at radius 2 is 1.74 bits per heavy atom. The predicted octanol–water partition coefficient (Wildman–Crippen LogP) is 3.23. The molecule has 2 aromatic rings. The molecule has 5 heteroatoms. The second kappa shape index (κ2) is 5.32. The number of rotatable bonds is 3. The van der Waals surface area contributed by atoms with E-state index in [4.69, 9.17) is 10.5 Å². The van der Waals surface area contributed by atoms with Gasteiger partial charge in [0.1, 0.15) is 17.4 Å². The van der Waals surface area contributed by atoms with Crippen LogP contribution in [0.3, 0.4) is 0 Å². The maximum Gasteiger partial charge on any atom is 0.224 e. The molecule has 100 valence electrons. The molecule has 0 aliphatic heterocycles. The van der Waals surface area contributed by atoms with Crippen molar-refractivity contribution in [1.29, 1.82) is 0 Å². The number of nitrogens with two attached hydrogens (primary N) is 1. The largest absolute Gasteiger partial charge is 0.438 e. The molecule has 1 aromatic heterocycles. The van der Waals surface area contributed by atoms with Crippen LogP contribution in [-0.2, 0) is 6.54 Å². The van der Waals surface area contributed by atoms with Crippen molar-refractivity contribution in [2.45, 2.75) is 20.4 Å². The highest BCUT2D eigenvalue weighted by Crippen LogP contribution is 2.27. The number of aryl methyl sites for hydroxylation is 2. The Hall–Kier alpha value is -2.01. The van der Waals surface area contributed by atoms with E-state index in [2.05, 4.69) is 4.98 Å². The first-order valence-corrected chi connectivity index (χ1v) is 5.80. The lowest BCUT2D eigenvalue weighted by atomic mass is 10.1. The van der Waals surface area contributed by atoms with Crippen molar-refractivity contribution in [2.75, 3.05) is 0 Å². The molecule has 0 radical (unpaired) electrons. The highest BCUT2D eigenvalue weighted by atomic mass is 19.1. The highest BCUT2D eigenvalue weighted by molar-refractivity contribution is 5.39. The second-order valence-corrected chi connectivity index (χ2v) is 4.28. The summed E-state index contributed by atoms with van der Waals surface area (Å²) in [5.74, 6) is -1.06. The van der Waals surface area contributed by atoms with Crippen LogP contribution in [0.25, 0.3) is 0 Å². The fourth-order valence-corrected chi connectivity index (χ4v) is 1.86. The fraction of sp³-hybridized carbons (Fsp3) is 0.214. The first-order valence-electron chi connectivity index (χ1n) is 5.80. The summed E-state index contributed by atoms with van der Waals surface area (Å²) in [6.07, 6.45) is 0. The summed E-state index contributed by atoms with van der Waals surface area (Å²) < 4.78 is 31.7. The molecule has 0 unspecified atom stereocenters. The van der Waals surface area contributed by atoms with Gasteiger partial charge in [0, 0.05) is 36.0 Å². The third-order valence-electron chi connectivity index (χ3n) is 2.69. The molecular formula is C14H14F2N2O. The van der Waals surface area contributed by atoms with Crippen LogP contribution in [0.1, 0.15) is 16.8 Å². The predicted molar refractivity (Wildman–Crippen MR) is 68.0 cm³/mol. The van der Waals surface area contributed by atoms with Crippen LogP contribution in [0.2, 0.25) is 0 Å². The quantitative estimate of drug-likeness (QED) is 0.925. The number of hydrogen-bond donors (Lipinski definition) is 1. The van der Waals surface area contributed by atoms with E-state index >= 15 is 0 Å². The number of halogens is 2. The van der Waals surface area contributed by atoms with Gasteiger partial charge in [-0.2, -0.15) is 0 Å². The van der Waals surface area contributed by atoms with E-state index in [9.17, 15) is 8.78 Å². The second-order valence-electron chi connectivity index (χ2n) is 4.28. The van der Waals surface area contributed by atoms with Gasteiger partial charge < -0.3 is 10.5 Å². The van der Waals surface area contributed by atoms with Gasteiger partial charge in [-0.25, -0.2) is 13.8 Å². The number of benzene rings is 1. The molecule has 0 aliphatic carbocycles. The van der Waals surface area contributed by atoms with Crippen molar-refractivity contribution in [2.24, 2.45) is 5.73 Å². The maximum atomic E-state index is 13.1. The molecule has 0 fully saturated rings. The molecule has 0 atom stereocenters. The summed E-state index contributed by atoms with van der Waals surface area (Å²) in [6, 6.07) is 4.86. The van der Waals surface area contributed by atoms with Crippen LogP contribution in [0, 0.1) is 25.5 Å². The first-order chi connectivity index (χ1) is 8.99. The van der Waals surface area contributed by atoms with Gasteiger partial charge in [-0.05, 0) is 25.5 Å². The Balaban J connectivity index is 2.42. The van der Waals surface area contributed by atoms with Crippen LogP contribution in [0.15, 0.2) is 24.3 Å². The molecule has 0 saturated carbocycles. The SMILES string of the molecule is Cc1cc(C)c(CN)c(Oc2cc(F)cc(F)c2)n1. The molecule has 3 nitrogen and oxygen atoms in total. The number of ether oxygens (including phenoxy) is 1. The van der Waals surface area contributed by atoms with E-state index in [1.807, 2.05) is 19.9 Å². The molecule has 0 amide bonds. The Morgan fingerprint density at radius 3 is 2.32 bits per heavy atom. The van der Waals surface area contributed by atoms with E-state index in [0.29, 0.717) is 0 Å². The zero-order valence-corrected chi connectivity index (χ0v) is 10.7. The van der Waals surface area contributed by atoms with Gasteiger partial charge in [-0.1, -0.05) is 0 Å². The smallest absolute Gasteiger partial charge is 0.224 e. The van der Waals surface area contributed by atoms with Gasteiger partial charge in [-0.3, -0.25) is 0 Å². The van der Waals surface area contributed by atoms with Crippen molar-refractivity contribution in [3.05, 3.63) is 52.7 Å². The molecule has 1 heterocycles. The summed E-state index contributed by atoms with van der Waals surface area (Å²) in [6.45, 7) is 3.94. The van der Waals surface area contributed by atoms with E-state index < -0.39 is 11.6 Å². The van der Waals surface area contributed by atoms with Crippen LogP contribution in [-0.4, -0.2) is 4.98 Å². The average molecular weight is 264 g/mol. The van der Waals surface area contributed by atoms with E-state index in [-0.39, 0.29) is 18.2 Å². The van der Waals surface area contributed by atoms with E-state index in [1.165, 1.54) is 0 Å². The number of pyridine rings is 1. The lowest BCUT2D eigenvalue weighted by Crippen LogP contribution is -2.05. The Labute approximate surface area is 110 Å². The monoisotopic (exact) mass is 264 g/mol. The van der Waals surface area contributed by atoms with Gasteiger partial charge in [0.25, 0.3) is 0 Å². The van der Waals surface area contributed by atoms with Gasteiger partial charge in [0.05, 0.1) is 0 Å². The van der Waals surface area contributed by atoms with Crippen molar-refractivity contribution in [3.8, 4) is 11.6 Å².